The second-order valence-electron chi connectivity index (χ2n) is 6.94. The maximum absolute atomic E-state index is 12.4. The number of nitrogens with zero attached hydrogens (tertiary/aromatic N) is 5. The average Bonchev–Trinajstić information content (AvgIpc) is 2.84. The minimum atomic E-state index is -0.577. The van der Waals surface area contributed by atoms with E-state index in [4.69, 9.17) is 17.0 Å². The van der Waals surface area contributed by atoms with E-state index >= 15 is 0 Å². The van der Waals surface area contributed by atoms with Gasteiger partial charge in [0.15, 0.2) is 4.77 Å². The van der Waals surface area contributed by atoms with Crippen molar-refractivity contribution in [1.29, 1.82) is 0 Å². The quantitative estimate of drug-likeness (QED) is 0.320. The number of ether oxygens (including phenoxy) is 1. The number of H-pyrrole nitrogens is 1. The first-order chi connectivity index (χ1) is 16.1. The zero-order valence-electron chi connectivity index (χ0n) is 17.7. The number of methoxy groups -OCH3 is 1. The first-order valence-electron chi connectivity index (χ1n) is 10.0. The minimum absolute atomic E-state index is 0.0400. The van der Waals surface area contributed by atoms with Crippen molar-refractivity contribution in [1.82, 2.24) is 24.7 Å². The first-order valence-corrected chi connectivity index (χ1v) is 10.4. The van der Waals surface area contributed by atoms with E-state index in [2.05, 4.69) is 25.2 Å². The Hall–Kier alpha value is -4.02. The Morgan fingerprint density at radius 1 is 1.06 bits per heavy atom. The van der Waals surface area contributed by atoms with Crippen LogP contribution in [0.5, 0.6) is 5.88 Å². The fourth-order valence-electron chi connectivity index (χ4n) is 3.16. The van der Waals surface area contributed by atoms with Crippen LogP contribution in [-0.4, -0.2) is 49.8 Å². The number of rotatable bonds is 7. The Balaban J connectivity index is 1.77. The van der Waals surface area contributed by atoms with Gasteiger partial charge in [-0.15, -0.1) is 10.2 Å². The smallest absolute Gasteiger partial charge is 0.269 e. The van der Waals surface area contributed by atoms with E-state index in [1.54, 1.807) is 0 Å². The first kappa shape index (κ1) is 22.2. The Labute approximate surface area is 194 Å². The van der Waals surface area contributed by atoms with E-state index in [1.165, 1.54) is 17.9 Å². The topological polar surface area (TPSA) is 118 Å². The van der Waals surface area contributed by atoms with Crippen LogP contribution in [-0.2, 0) is 11.3 Å². The highest BCUT2D eigenvalue weighted by Gasteiger charge is 2.14. The molecule has 0 bridgehead atoms. The summed E-state index contributed by atoms with van der Waals surface area (Å²) in [5.74, 6) is -0.278. The monoisotopic (exact) mass is 460 g/mol. The lowest BCUT2D eigenvalue weighted by atomic mass is 10.0. The molecule has 2 heterocycles. The van der Waals surface area contributed by atoms with E-state index in [0.717, 1.165) is 11.1 Å². The van der Waals surface area contributed by atoms with E-state index in [9.17, 15) is 9.90 Å². The number of aliphatic imine (C=N–C) groups is 1. The fraction of sp³-hybridized carbons (Fsp3) is 0.130. The largest absolute Gasteiger partial charge is 0.494 e. The number of nitrogens with one attached hydrogen (secondary N) is 1. The summed E-state index contributed by atoms with van der Waals surface area (Å²) in [6.45, 7) is 0.569. The summed E-state index contributed by atoms with van der Waals surface area (Å²) >= 11 is 5.12. The molecule has 0 amide bonds. The van der Waals surface area contributed by atoms with Gasteiger partial charge >= 0.3 is 0 Å². The standard InChI is InChI=1S/C23H20N6O3S/c1-32-13-12-29-21(31)17(20(30)26-23(29)33)14-24-22-25-18(15-8-4-2-5-9-15)19(27-28-22)16-10-6-3-7-11-16/h2-11,14,31H,12-13H2,1H3,(H,26,30,33). The van der Waals surface area contributed by atoms with Crippen molar-refractivity contribution >= 4 is 24.4 Å². The molecule has 0 unspecified atom stereocenters. The van der Waals surface area contributed by atoms with Crippen LogP contribution in [0.3, 0.4) is 0 Å². The van der Waals surface area contributed by atoms with E-state index in [0.29, 0.717) is 18.0 Å². The van der Waals surface area contributed by atoms with Crippen LogP contribution in [0.25, 0.3) is 22.5 Å². The van der Waals surface area contributed by atoms with Crippen molar-refractivity contribution in [2.24, 2.45) is 4.99 Å². The van der Waals surface area contributed by atoms with Crippen molar-refractivity contribution in [2.45, 2.75) is 6.54 Å². The molecule has 4 rings (SSSR count). The van der Waals surface area contributed by atoms with Gasteiger partial charge < -0.3 is 9.84 Å². The Morgan fingerprint density at radius 3 is 2.33 bits per heavy atom. The minimum Gasteiger partial charge on any atom is -0.494 e. The van der Waals surface area contributed by atoms with Crippen LogP contribution in [0.15, 0.2) is 70.5 Å². The zero-order valence-corrected chi connectivity index (χ0v) is 18.5. The van der Waals surface area contributed by atoms with Crippen molar-refractivity contribution in [3.63, 3.8) is 0 Å². The molecule has 0 spiro atoms. The molecule has 9 nitrogen and oxygen atoms in total. The van der Waals surface area contributed by atoms with E-state index < -0.39 is 5.56 Å². The number of aromatic amines is 1. The number of aromatic hydroxyl groups is 1. The van der Waals surface area contributed by atoms with Gasteiger partial charge in [-0.2, -0.15) is 0 Å². The van der Waals surface area contributed by atoms with E-state index in [-0.39, 0.29) is 28.7 Å². The summed E-state index contributed by atoms with van der Waals surface area (Å²) < 4.78 is 6.47. The summed E-state index contributed by atoms with van der Waals surface area (Å²) in [4.78, 5) is 23.7. The molecule has 10 heteroatoms. The second kappa shape index (κ2) is 10.1. The number of hydrogen-bond donors (Lipinski definition) is 2. The van der Waals surface area contributed by atoms with Gasteiger partial charge in [0, 0.05) is 24.5 Å². The highest BCUT2D eigenvalue weighted by molar-refractivity contribution is 7.71. The normalized spacial score (nSPS) is 11.2. The van der Waals surface area contributed by atoms with Crippen LogP contribution in [0.2, 0.25) is 0 Å². The van der Waals surface area contributed by atoms with Gasteiger partial charge in [0.25, 0.3) is 11.5 Å². The molecule has 33 heavy (non-hydrogen) atoms. The predicted molar refractivity (Wildman–Crippen MR) is 127 cm³/mol. The Kier molecular flexibility index (Phi) is 6.77. The number of benzene rings is 2. The molecule has 0 atom stereocenters. The van der Waals surface area contributed by atoms with Crippen molar-refractivity contribution in [3.05, 3.63) is 81.4 Å². The molecular formula is C23H20N6O3S. The van der Waals surface area contributed by atoms with Crippen LogP contribution < -0.4 is 5.56 Å². The maximum atomic E-state index is 12.4. The Morgan fingerprint density at radius 2 is 1.70 bits per heavy atom. The molecule has 2 aromatic carbocycles. The van der Waals surface area contributed by atoms with Crippen LogP contribution >= 0.6 is 12.2 Å². The fourth-order valence-corrected chi connectivity index (χ4v) is 3.43. The molecule has 2 N–H and O–H groups in total. The molecule has 0 fully saturated rings. The van der Waals surface area contributed by atoms with Gasteiger partial charge in [0.05, 0.1) is 13.2 Å². The van der Waals surface area contributed by atoms with Gasteiger partial charge in [0.1, 0.15) is 17.0 Å². The molecule has 0 saturated carbocycles. The molecule has 0 saturated heterocycles. The lowest BCUT2D eigenvalue weighted by Gasteiger charge is -2.10. The predicted octanol–water partition coefficient (Wildman–Crippen LogP) is 3.53. The summed E-state index contributed by atoms with van der Waals surface area (Å²) in [6, 6.07) is 19.1. The average molecular weight is 461 g/mol. The third kappa shape index (κ3) is 4.92. The number of hydrogen-bond acceptors (Lipinski definition) is 8. The van der Waals surface area contributed by atoms with Crippen molar-refractivity contribution in [2.75, 3.05) is 13.7 Å². The van der Waals surface area contributed by atoms with Crippen LogP contribution in [0, 0.1) is 4.77 Å². The highest BCUT2D eigenvalue weighted by atomic mass is 32.1. The summed E-state index contributed by atoms with van der Waals surface area (Å²) in [6.07, 6.45) is 1.19. The molecular weight excluding hydrogens is 440 g/mol. The highest BCUT2D eigenvalue weighted by Crippen LogP contribution is 2.29. The second-order valence-corrected chi connectivity index (χ2v) is 7.33. The number of aromatic nitrogens is 5. The molecule has 2 aromatic heterocycles. The van der Waals surface area contributed by atoms with E-state index in [1.807, 2.05) is 60.7 Å². The third-order valence-electron chi connectivity index (χ3n) is 4.80. The van der Waals surface area contributed by atoms with Crippen molar-refractivity contribution < 1.29 is 9.84 Å². The summed E-state index contributed by atoms with van der Waals surface area (Å²) in [7, 11) is 1.53. The van der Waals surface area contributed by atoms with Crippen LogP contribution in [0.1, 0.15) is 5.56 Å². The van der Waals surface area contributed by atoms with Gasteiger partial charge in [-0.1, -0.05) is 60.7 Å². The summed E-state index contributed by atoms with van der Waals surface area (Å²) in [5.41, 5.74) is 2.26. The SMILES string of the molecule is COCCn1c(O)c(C=Nc2nnc(-c3ccccc3)c(-c3ccccc3)n2)c(=O)[nH]c1=S. The zero-order chi connectivity index (χ0) is 23.2. The van der Waals surface area contributed by atoms with Gasteiger partial charge in [-0.05, 0) is 12.2 Å². The molecule has 4 aromatic rings. The summed E-state index contributed by atoms with van der Waals surface area (Å²) in [5, 5.41) is 19.0. The van der Waals surface area contributed by atoms with Gasteiger partial charge in [-0.25, -0.2) is 9.98 Å². The molecule has 0 aliphatic rings. The molecule has 0 radical (unpaired) electrons. The Bertz CT molecular complexity index is 1400. The molecule has 0 aliphatic carbocycles. The third-order valence-corrected chi connectivity index (χ3v) is 5.13. The lowest BCUT2D eigenvalue weighted by molar-refractivity contribution is 0.182. The molecule has 166 valence electrons. The lowest BCUT2D eigenvalue weighted by Crippen LogP contribution is -2.20. The molecule has 0 aliphatic heterocycles. The van der Waals surface area contributed by atoms with Gasteiger partial charge in [-0.3, -0.25) is 14.3 Å². The maximum Gasteiger partial charge on any atom is 0.269 e. The van der Waals surface area contributed by atoms with Crippen LogP contribution in [0.4, 0.5) is 5.95 Å². The van der Waals surface area contributed by atoms with Crippen molar-refractivity contribution in [3.8, 4) is 28.4 Å². The van der Waals surface area contributed by atoms with Gasteiger partial charge in [0.2, 0.25) is 5.88 Å².